The van der Waals surface area contributed by atoms with Crippen LogP contribution in [0.25, 0.3) is 0 Å². The van der Waals surface area contributed by atoms with Gasteiger partial charge in [-0.3, -0.25) is 4.79 Å². The highest BCUT2D eigenvalue weighted by Crippen LogP contribution is 2.13. The Bertz CT molecular complexity index is 213. The van der Waals surface area contributed by atoms with Crippen LogP contribution in [-0.2, 0) is 19.1 Å². The second-order valence-electron chi connectivity index (χ2n) is 3.19. The SMILES string of the molecule is C.C.C.CCC(C)C(=O)OC1CCOC1=O. The molecule has 1 aliphatic rings. The number of carbonyl (C=O) groups excluding carboxylic acids is 2. The predicted molar refractivity (Wildman–Crippen MR) is 65.1 cm³/mol. The first-order chi connectivity index (χ1) is 6.15. The van der Waals surface area contributed by atoms with E-state index in [2.05, 4.69) is 4.74 Å². The highest BCUT2D eigenvalue weighted by atomic mass is 16.6. The molecule has 0 aliphatic carbocycles. The van der Waals surface area contributed by atoms with Gasteiger partial charge < -0.3 is 9.47 Å². The molecule has 1 heterocycles. The van der Waals surface area contributed by atoms with Crippen molar-refractivity contribution in [3.8, 4) is 0 Å². The number of hydrogen-bond donors (Lipinski definition) is 0. The molecule has 0 radical (unpaired) electrons. The highest BCUT2D eigenvalue weighted by molar-refractivity contribution is 5.81. The van der Waals surface area contributed by atoms with Crippen molar-refractivity contribution in [2.75, 3.05) is 6.61 Å². The summed E-state index contributed by atoms with van der Waals surface area (Å²) >= 11 is 0. The minimum atomic E-state index is -0.665. The third-order valence-corrected chi connectivity index (χ3v) is 2.16. The molecule has 0 aromatic rings. The van der Waals surface area contributed by atoms with Crippen LogP contribution in [0.2, 0.25) is 0 Å². The van der Waals surface area contributed by atoms with Gasteiger partial charge >= 0.3 is 11.9 Å². The van der Waals surface area contributed by atoms with Crippen LogP contribution in [0.5, 0.6) is 0 Å². The van der Waals surface area contributed by atoms with Crippen molar-refractivity contribution in [3.63, 3.8) is 0 Å². The lowest BCUT2D eigenvalue weighted by atomic mass is 10.1. The van der Waals surface area contributed by atoms with Crippen molar-refractivity contribution in [2.24, 2.45) is 5.92 Å². The Morgan fingerprint density at radius 2 is 2.06 bits per heavy atom. The smallest absolute Gasteiger partial charge is 0.347 e. The second kappa shape index (κ2) is 9.19. The first kappa shape index (κ1) is 20.4. The maximum atomic E-state index is 11.2. The molecule has 16 heavy (non-hydrogen) atoms. The Hall–Kier alpha value is -1.06. The molecule has 0 amide bonds. The summed E-state index contributed by atoms with van der Waals surface area (Å²) < 4.78 is 9.63. The van der Waals surface area contributed by atoms with Crippen molar-refractivity contribution >= 4 is 11.9 Å². The molecule has 0 aromatic carbocycles. The van der Waals surface area contributed by atoms with Gasteiger partial charge in [0.25, 0.3) is 0 Å². The molecule has 0 aromatic heterocycles. The quantitative estimate of drug-likeness (QED) is 0.705. The van der Waals surface area contributed by atoms with Gasteiger partial charge in [0.05, 0.1) is 12.5 Å². The molecule has 2 unspecified atom stereocenters. The fourth-order valence-electron chi connectivity index (χ4n) is 1.01. The third-order valence-electron chi connectivity index (χ3n) is 2.16. The summed E-state index contributed by atoms with van der Waals surface area (Å²) in [4.78, 5) is 22.2. The molecule has 2 atom stereocenters. The lowest BCUT2D eigenvalue weighted by Crippen LogP contribution is -2.25. The maximum Gasteiger partial charge on any atom is 0.347 e. The predicted octanol–water partition coefficient (Wildman–Crippen LogP) is 2.80. The van der Waals surface area contributed by atoms with Crippen molar-refractivity contribution in [2.45, 2.75) is 55.1 Å². The highest BCUT2D eigenvalue weighted by Gasteiger charge is 2.31. The topological polar surface area (TPSA) is 52.6 Å². The van der Waals surface area contributed by atoms with E-state index in [0.29, 0.717) is 13.0 Å². The Labute approximate surface area is 99.3 Å². The third kappa shape index (κ3) is 5.14. The van der Waals surface area contributed by atoms with Crippen LogP contribution in [0.1, 0.15) is 49.0 Å². The molecule has 0 saturated carbocycles. The van der Waals surface area contributed by atoms with Gasteiger partial charge in [-0.1, -0.05) is 36.1 Å². The van der Waals surface area contributed by atoms with Gasteiger partial charge in [-0.2, -0.15) is 0 Å². The number of rotatable bonds is 3. The average Bonchev–Trinajstić information content (AvgIpc) is 2.50. The molecule has 1 rings (SSSR count). The molecule has 98 valence electrons. The van der Waals surface area contributed by atoms with E-state index in [1.54, 1.807) is 6.92 Å². The Kier molecular flexibility index (Phi) is 11.7. The molecular weight excluding hydrogens is 208 g/mol. The van der Waals surface area contributed by atoms with Crippen LogP contribution in [0, 0.1) is 5.92 Å². The Balaban J connectivity index is -0.000000563. The van der Waals surface area contributed by atoms with Gasteiger partial charge in [0.2, 0.25) is 6.10 Å². The molecule has 1 fully saturated rings. The van der Waals surface area contributed by atoms with Gasteiger partial charge in [-0.15, -0.1) is 0 Å². The van der Waals surface area contributed by atoms with E-state index in [0.717, 1.165) is 6.42 Å². The minimum absolute atomic E-state index is 0. The lowest BCUT2D eigenvalue weighted by Gasteiger charge is -2.11. The average molecular weight is 234 g/mol. The van der Waals surface area contributed by atoms with E-state index < -0.39 is 12.1 Å². The zero-order valence-electron chi connectivity index (χ0n) is 7.91. The van der Waals surface area contributed by atoms with Crippen LogP contribution in [0.3, 0.4) is 0 Å². The lowest BCUT2D eigenvalue weighted by molar-refractivity contribution is -0.162. The monoisotopic (exact) mass is 234 g/mol. The number of ether oxygens (including phenoxy) is 2. The van der Waals surface area contributed by atoms with Gasteiger partial charge in [-0.05, 0) is 6.42 Å². The number of cyclic esters (lactones) is 1. The first-order valence-electron chi connectivity index (χ1n) is 4.52. The van der Waals surface area contributed by atoms with Crippen molar-refractivity contribution in [3.05, 3.63) is 0 Å². The van der Waals surface area contributed by atoms with E-state index in [-0.39, 0.29) is 34.2 Å². The summed E-state index contributed by atoms with van der Waals surface area (Å²) in [6.07, 6.45) is 0.545. The molecule has 0 spiro atoms. The van der Waals surface area contributed by atoms with E-state index in [9.17, 15) is 9.59 Å². The van der Waals surface area contributed by atoms with Gasteiger partial charge in [0.1, 0.15) is 0 Å². The summed E-state index contributed by atoms with van der Waals surface area (Å²) in [5, 5.41) is 0. The normalized spacial score (nSPS) is 19.4. The van der Waals surface area contributed by atoms with E-state index in [4.69, 9.17) is 4.74 Å². The summed E-state index contributed by atoms with van der Waals surface area (Å²) in [5.41, 5.74) is 0. The zero-order valence-corrected chi connectivity index (χ0v) is 7.91. The molecule has 4 nitrogen and oxygen atoms in total. The molecule has 1 aliphatic heterocycles. The van der Waals surface area contributed by atoms with Gasteiger partial charge in [-0.25, -0.2) is 4.79 Å². The van der Waals surface area contributed by atoms with Gasteiger partial charge in [0.15, 0.2) is 0 Å². The van der Waals surface area contributed by atoms with Crippen LogP contribution in [0.15, 0.2) is 0 Å². The van der Waals surface area contributed by atoms with Crippen LogP contribution in [-0.4, -0.2) is 24.6 Å². The van der Waals surface area contributed by atoms with E-state index >= 15 is 0 Å². The van der Waals surface area contributed by atoms with E-state index in [1.807, 2.05) is 6.92 Å². The number of carbonyl (C=O) groups is 2. The summed E-state index contributed by atoms with van der Waals surface area (Å²) in [7, 11) is 0. The largest absolute Gasteiger partial charge is 0.463 e. The molecular formula is C12H26O4. The molecule has 0 N–H and O–H groups in total. The fraction of sp³-hybridized carbons (Fsp3) is 0.833. The summed E-state index contributed by atoms with van der Waals surface area (Å²) in [6, 6.07) is 0. The maximum absolute atomic E-state index is 11.2. The van der Waals surface area contributed by atoms with Crippen LogP contribution < -0.4 is 0 Å². The fourth-order valence-corrected chi connectivity index (χ4v) is 1.01. The molecule has 1 saturated heterocycles. The Morgan fingerprint density at radius 3 is 2.44 bits per heavy atom. The standard InChI is InChI=1S/C9H14O4.3CH4/c1-3-6(2)8(10)13-7-4-5-12-9(7)11;;;/h6-7H,3-5H2,1-2H3;3*1H4. The number of hydrogen-bond acceptors (Lipinski definition) is 4. The molecule has 0 bridgehead atoms. The summed E-state index contributed by atoms with van der Waals surface area (Å²) in [5.74, 6) is -0.878. The Morgan fingerprint density at radius 1 is 1.50 bits per heavy atom. The van der Waals surface area contributed by atoms with Crippen LogP contribution >= 0.6 is 0 Å². The zero-order chi connectivity index (χ0) is 9.84. The minimum Gasteiger partial charge on any atom is -0.463 e. The van der Waals surface area contributed by atoms with Crippen LogP contribution in [0.4, 0.5) is 0 Å². The van der Waals surface area contributed by atoms with Crippen molar-refractivity contribution in [1.29, 1.82) is 0 Å². The van der Waals surface area contributed by atoms with Gasteiger partial charge in [0, 0.05) is 6.42 Å². The second-order valence-corrected chi connectivity index (χ2v) is 3.19. The first-order valence-corrected chi connectivity index (χ1v) is 4.52. The molecule has 4 heteroatoms. The van der Waals surface area contributed by atoms with E-state index in [1.165, 1.54) is 0 Å². The van der Waals surface area contributed by atoms with Crippen molar-refractivity contribution in [1.82, 2.24) is 0 Å². The number of esters is 2. The summed E-state index contributed by atoms with van der Waals surface area (Å²) in [6.45, 7) is 4.04. The van der Waals surface area contributed by atoms with Crippen molar-refractivity contribution < 1.29 is 19.1 Å².